The molecule has 0 fully saturated rings. The predicted octanol–water partition coefficient (Wildman–Crippen LogP) is 5.26. The van der Waals surface area contributed by atoms with Crippen LogP contribution in [0.25, 0.3) is 11.1 Å². The van der Waals surface area contributed by atoms with Gasteiger partial charge in [0.05, 0.1) is 6.42 Å². The van der Waals surface area contributed by atoms with Crippen molar-refractivity contribution in [1.29, 1.82) is 0 Å². The zero-order chi connectivity index (χ0) is 22.0. The molecule has 0 aromatic heterocycles. The highest BCUT2D eigenvalue weighted by Crippen LogP contribution is 2.36. The van der Waals surface area contributed by atoms with Crippen molar-refractivity contribution in [3.63, 3.8) is 0 Å². The number of Topliss-reactive ketones (excluding diaryl/α,β-unsaturated/α-hetero) is 2. The summed E-state index contributed by atoms with van der Waals surface area (Å²) in [4.78, 5) is 37.1. The molecule has 0 radical (unpaired) electrons. The molecule has 0 amide bonds. The van der Waals surface area contributed by atoms with E-state index in [-0.39, 0.29) is 31.0 Å². The monoisotopic (exact) mass is 412 g/mol. The Hall–Kier alpha value is -3.53. The third-order valence-corrected chi connectivity index (χ3v) is 5.73. The molecule has 4 nitrogen and oxygen atoms in total. The van der Waals surface area contributed by atoms with Crippen LogP contribution in [-0.2, 0) is 16.0 Å². The Morgan fingerprint density at radius 2 is 1.58 bits per heavy atom. The number of hydrogen-bond acceptors (Lipinski definition) is 4. The molecular weight excluding hydrogens is 388 g/mol. The van der Waals surface area contributed by atoms with Gasteiger partial charge >= 0.3 is 5.97 Å². The average Bonchev–Trinajstić information content (AvgIpc) is 3.15. The van der Waals surface area contributed by atoms with Crippen molar-refractivity contribution in [2.75, 3.05) is 6.61 Å². The fraction of sp³-hybridized carbons (Fsp3) is 0.222. The van der Waals surface area contributed by atoms with Gasteiger partial charge in [-0.3, -0.25) is 14.4 Å². The van der Waals surface area contributed by atoms with E-state index in [0.29, 0.717) is 11.1 Å². The number of fused-ring (bicyclic) bond motifs is 3. The van der Waals surface area contributed by atoms with Gasteiger partial charge in [0.15, 0.2) is 18.2 Å². The van der Waals surface area contributed by atoms with E-state index in [9.17, 15) is 14.4 Å². The zero-order valence-corrected chi connectivity index (χ0v) is 17.7. The highest BCUT2D eigenvalue weighted by atomic mass is 16.5. The lowest BCUT2D eigenvalue weighted by Gasteiger charge is -2.08. The number of esters is 1. The van der Waals surface area contributed by atoms with Gasteiger partial charge in [-0.2, -0.15) is 0 Å². The third-order valence-electron chi connectivity index (χ3n) is 5.73. The lowest BCUT2D eigenvalue weighted by atomic mass is 9.99. The molecular formula is C27H24O4. The SMILES string of the molecule is Cc1ccc(C)c(C(=O)CCC(=O)OCC(=O)c2ccc3c(c2)-c2ccccc2C3)c1. The minimum Gasteiger partial charge on any atom is -0.457 e. The zero-order valence-electron chi connectivity index (χ0n) is 17.7. The Bertz CT molecular complexity index is 1190. The van der Waals surface area contributed by atoms with E-state index >= 15 is 0 Å². The molecule has 0 saturated heterocycles. The molecule has 0 spiro atoms. The van der Waals surface area contributed by atoms with Crippen LogP contribution in [0.1, 0.15) is 55.8 Å². The summed E-state index contributed by atoms with van der Waals surface area (Å²) in [5, 5.41) is 0. The molecule has 4 rings (SSSR count). The van der Waals surface area contributed by atoms with Crippen LogP contribution in [0.5, 0.6) is 0 Å². The number of carbonyl (C=O) groups is 3. The van der Waals surface area contributed by atoms with Crippen molar-refractivity contribution in [3.05, 3.63) is 94.0 Å². The van der Waals surface area contributed by atoms with E-state index in [1.807, 2.05) is 56.3 Å². The van der Waals surface area contributed by atoms with E-state index in [1.54, 1.807) is 6.07 Å². The van der Waals surface area contributed by atoms with Crippen LogP contribution < -0.4 is 0 Å². The number of aryl methyl sites for hydroxylation is 2. The van der Waals surface area contributed by atoms with Gasteiger partial charge in [0.1, 0.15) is 0 Å². The molecule has 0 aliphatic heterocycles. The van der Waals surface area contributed by atoms with Crippen molar-refractivity contribution in [1.82, 2.24) is 0 Å². The Labute approximate surface area is 181 Å². The van der Waals surface area contributed by atoms with Gasteiger partial charge in [-0.05, 0) is 60.2 Å². The summed E-state index contributed by atoms with van der Waals surface area (Å²) in [6, 6.07) is 19.5. The topological polar surface area (TPSA) is 60.4 Å². The molecule has 3 aromatic rings. The molecule has 31 heavy (non-hydrogen) atoms. The van der Waals surface area contributed by atoms with Gasteiger partial charge < -0.3 is 4.74 Å². The summed E-state index contributed by atoms with van der Waals surface area (Å²) in [6.07, 6.45) is 0.882. The lowest BCUT2D eigenvalue weighted by Crippen LogP contribution is -2.15. The van der Waals surface area contributed by atoms with E-state index in [4.69, 9.17) is 4.74 Å². The highest BCUT2D eigenvalue weighted by molar-refractivity contribution is 6.01. The second-order valence-corrected chi connectivity index (χ2v) is 8.03. The van der Waals surface area contributed by atoms with E-state index in [1.165, 1.54) is 11.1 Å². The van der Waals surface area contributed by atoms with Crippen molar-refractivity contribution in [2.45, 2.75) is 33.1 Å². The van der Waals surface area contributed by atoms with Gasteiger partial charge in [0.25, 0.3) is 0 Å². The summed E-state index contributed by atoms with van der Waals surface area (Å²) in [5.41, 5.74) is 7.69. The number of rotatable bonds is 7. The fourth-order valence-corrected chi connectivity index (χ4v) is 3.99. The minimum absolute atomic E-state index is 0.0446. The summed E-state index contributed by atoms with van der Waals surface area (Å²) in [7, 11) is 0. The Kier molecular flexibility index (Phi) is 5.81. The van der Waals surface area contributed by atoms with Crippen molar-refractivity contribution < 1.29 is 19.1 Å². The molecule has 0 bridgehead atoms. The predicted molar refractivity (Wildman–Crippen MR) is 119 cm³/mol. The van der Waals surface area contributed by atoms with Crippen molar-refractivity contribution in [3.8, 4) is 11.1 Å². The molecule has 1 aliphatic rings. The summed E-state index contributed by atoms with van der Waals surface area (Å²) >= 11 is 0. The van der Waals surface area contributed by atoms with Crippen molar-refractivity contribution in [2.24, 2.45) is 0 Å². The van der Waals surface area contributed by atoms with Crippen LogP contribution in [0.4, 0.5) is 0 Å². The van der Waals surface area contributed by atoms with Gasteiger partial charge in [-0.1, -0.05) is 54.1 Å². The Balaban J connectivity index is 1.33. The summed E-state index contributed by atoms with van der Waals surface area (Å²) in [6.45, 7) is 3.48. The maximum Gasteiger partial charge on any atom is 0.306 e. The van der Waals surface area contributed by atoms with E-state index in [0.717, 1.165) is 28.7 Å². The Morgan fingerprint density at radius 3 is 2.42 bits per heavy atom. The second-order valence-electron chi connectivity index (χ2n) is 8.03. The maximum absolute atomic E-state index is 12.6. The van der Waals surface area contributed by atoms with Crippen LogP contribution in [0.2, 0.25) is 0 Å². The van der Waals surface area contributed by atoms with Gasteiger partial charge in [-0.25, -0.2) is 0 Å². The number of benzene rings is 3. The maximum atomic E-state index is 12.6. The van der Waals surface area contributed by atoms with Crippen LogP contribution in [0, 0.1) is 13.8 Å². The first-order valence-electron chi connectivity index (χ1n) is 10.4. The van der Waals surface area contributed by atoms with Crippen LogP contribution in [0.15, 0.2) is 60.7 Å². The molecule has 156 valence electrons. The quantitative estimate of drug-likeness (QED) is 0.307. The average molecular weight is 412 g/mol. The van der Waals surface area contributed by atoms with E-state index in [2.05, 4.69) is 12.1 Å². The number of carbonyl (C=O) groups excluding carboxylic acids is 3. The summed E-state index contributed by atoms with van der Waals surface area (Å²) < 4.78 is 5.15. The first-order valence-corrected chi connectivity index (χ1v) is 10.4. The number of hydrogen-bond donors (Lipinski definition) is 0. The molecule has 0 atom stereocenters. The standard InChI is InChI=1S/C27H24O4/c1-17-7-8-18(2)23(13-17)25(28)11-12-27(30)31-16-26(29)21-10-9-20-14-19-5-3-4-6-22(19)24(20)15-21/h3-10,13,15H,11-12,14,16H2,1-2H3. The van der Waals surface area contributed by atoms with Crippen molar-refractivity contribution >= 4 is 17.5 Å². The third kappa shape index (κ3) is 4.48. The molecule has 0 N–H and O–H groups in total. The minimum atomic E-state index is -0.543. The smallest absolute Gasteiger partial charge is 0.306 e. The van der Waals surface area contributed by atoms with Gasteiger partial charge in [-0.15, -0.1) is 0 Å². The van der Waals surface area contributed by atoms with Gasteiger partial charge in [0.2, 0.25) is 0 Å². The normalized spacial score (nSPS) is 11.5. The Morgan fingerprint density at radius 1 is 0.806 bits per heavy atom. The van der Waals surface area contributed by atoms with Crippen LogP contribution >= 0.6 is 0 Å². The second kappa shape index (κ2) is 8.68. The highest BCUT2D eigenvalue weighted by Gasteiger charge is 2.20. The van der Waals surface area contributed by atoms with Crippen LogP contribution in [-0.4, -0.2) is 24.1 Å². The first-order chi connectivity index (χ1) is 14.9. The largest absolute Gasteiger partial charge is 0.457 e. The molecule has 1 aliphatic carbocycles. The molecule has 4 heteroatoms. The van der Waals surface area contributed by atoms with Gasteiger partial charge in [0, 0.05) is 17.5 Å². The fourth-order valence-electron chi connectivity index (χ4n) is 3.99. The molecule has 0 heterocycles. The number of ketones is 2. The number of ether oxygens (including phenoxy) is 1. The summed E-state index contributed by atoms with van der Waals surface area (Å²) in [5.74, 6) is -0.887. The molecule has 3 aromatic carbocycles. The molecule has 0 saturated carbocycles. The lowest BCUT2D eigenvalue weighted by molar-refractivity contribution is -0.142. The van der Waals surface area contributed by atoms with E-state index < -0.39 is 5.97 Å². The molecule has 0 unspecified atom stereocenters. The van der Waals surface area contributed by atoms with Crippen LogP contribution in [0.3, 0.4) is 0 Å². The first kappa shape index (κ1) is 20.7.